The molecule has 2 N–H and O–H groups in total. The molecule has 0 radical (unpaired) electrons. The summed E-state index contributed by atoms with van der Waals surface area (Å²) in [5.74, 6) is -3.05. The van der Waals surface area contributed by atoms with Gasteiger partial charge in [0.2, 0.25) is 0 Å². The number of ether oxygens (including phenoxy) is 2. The highest BCUT2D eigenvalue weighted by atomic mass is 19.1. The van der Waals surface area contributed by atoms with Gasteiger partial charge in [-0.2, -0.15) is 0 Å². The van der Waals surface area contributed by atoms with E-state index in [2.05, 4.69) is 15.4 Å². The van der Waals surface area contributed by atoms with Crippen LogP contribution in [0, 0.1) is 11.6 Å². The van der Waals surface area contributed by atoms with Crippen LogP contribution in [0.1, 0.15) is 34.8 Å². The third-order valence-corrected chi connectivity index (χ3v) is 3.87. The fourth-order valence-electron chi connectivity index (χ4n) is 2.45. The summed E-state index contributed by atoms with van der Waals surface area (Å²) in [5.41, 5.74) is 0.970. The van der Waals surface area contributed by atoms with Gasteiger partial charge < -0.3 is 20.1 Å². The minimum Gasteiger partial charge on any atom is -0.465 e. The zero-order valence-corrected chi connectivity index (χ0v) is 15.7. The van der Waals surface area contributed by atoms with Crippen molar-refractivity contribution in [3.8, 4) is 0 Å². The third-order valence-electron chi connectivity index (χ3n) is 3.87. The Labute approximate surface area is 161 Å². The topological polar surface area (TPSA) is 76.7 Å². The maximum atomic E-state index is 13.9. The summed E-state index contributed by atoms with van der Waals surface area (Å²) in [4.78, 5) is 23.6. The van der Waals surface area contributed by atoms with Gasteiger partial charge in [-0.1, -0.05) is 31.2 Å². The van der Waals surface area contributed by atoms with Gasteiger partial charge in [0.25, 0.3) is 0 Å². The van der Waals surface area contributed by atoms with Crippen molar-refractivity contribution in [1.82, 2.24) is 5.32 Å². The first-order valence-electron chi connectivity index (χ1n) is 8.73. The maximum Gasteiger partial charge on any atom is 0.340 e. The first kappa shape index (κ1) is 21.3. The Balaban J connectivity index is 2.03. The molecule has 0 heterocycles. The van der Waals surface area contributed by atoms with Gasteiger partial charge in [-0.3, -0.25) is 0 Å². The Morgan fingerprint density at radius 1 is 1.07 bits per heavy atom. The Bertz CT molecular complexity index is 843. The van der Waals surface area contributed by atoms with Crippen molar-refractivity contribution >= 4 is 17.7 Å². The van der Waals surface area contributed by atoms with Gasteiger partial charge in [-0.15, -0.1) is 0 Å². The number of amides is 2. The van der Waals surface area contributed by atoms with E-state index in [1.165, 1.54) is 0 Å². The van der Waals surface area contributed by atoms with E-state index in [-0.39, 0.29) is 12.2 Å². The van der Waals surface area contributed by atoms with E-state index in [1.807, 2.05) is 31.2 Å². The summed E-state index contributed by atoms with van der Waals surface area (Å²) in [6.07, 6.45) is 0.902. The molecule has 2 aromatic rings. The smallest absolute Gasteiger partial charge is 0.340 e. The molecule has 0 fully saturated rings. The van der Waals surface area contributed by atoms with Gasteiger partial charge in [-0.05, 0) is 23.6 Å². The van der Waals surface area contributed by atoms with E-state index in [4.69, 9.17) is 4.74 Å². The molecule has 0 aromatic heterocycles. The van der Waals surface area contributed by atoms with E-state index >= 15 is 0 Å². The van der Waals surface area contributed by atoms with Crippen molar-refractivity contribution in [3.05, 3.63) is 64.7 Å². The number of benzene rings is 2. The van der Waals surface area contributed by atoms with Crippen molar-refractivity contribution in [3.63, 3.8) is 0 Å². The summed E-state index contributed by atoms with van der Waals surface area (Å²) in [7, 11) is 1.08. The monoisotopic (exact) mass is 392 g/mol. The van der Waals surface area contributed by atoms with Gasteiger partial charge >= 0.3 is 12.0 Å². The Morgan fingerprint density at radius 3 is 2.46 bits per heavy atom. The highest BCUT2D eigenvalue weighted by Gasteiger charge is 2.18. The number of anilines is 1. The van der Waals surface area contributed by atoms with Crippen LogP contribution in [0.3, 0.4) is 0 Å². The number of methoxy groups -OCH3 is 1. The van der Waals surface area contributed by atoms with Crippen LogP contribution in [-0.2, 0) is 22.6 Å². The fraction of sp³-hybridized carbons (Fsp3) is 0.300. The molecule has 2 aromatic carbocycles. The quantitative estimate of drug-likeness (QED) is 0.526. The molecule has 0 unspecified atom stereocenters. The van der Waals surface area contributed by atoms with Crippen LogP contribution in [-0.4, -0.2) is 25.7 Å². The van der Waals surface area contributed by atoms with Gasteiger partial charge in [0.05, 0.1) is 25.0 Å². The molecule has 0 saturated carbocycles. The molecular weight excluding hydrogens is 370 g/mol. The molecule has 0 aliphatic heterocycles. The number of halogens is 2. The second kappa shape index (κ2) is 10.4. The minimum atomic E-state index is -1.07. The van der Waals surface area contributed by atoms with Crippen LogP contribution in [0.4, 0.5) is 19.3 Å². The van der Waals surface area contributed by atoms with Gasteiger partial charge in [-0.25, -0.2) is 18.4 Å². The molecule has 0 atom stereocenters. The lowest BCUT2D eigenvalue weighted by Crippen LogP contribution is -2.29. The summed E-state index contributed by atoms with van der Waals surface area (Å²) in [6.45, 7) is 3.25. The van der Waals surface area contributed by atoms with Crippen LogP contribution in [0.2, 0.25) is 0 Å². The number of carbonyl (C=O) groups excluding carboxylic acids is 2. The standard InChI is InChI=1S/C20H22F2N2O4/c1-3-8-28-12-14-7-5-4-6-13(14)11-23-20(26)24-18-9-15(19(25)27-2)16(21)10-17(18)22/h4-7,9-10H,3,8,11-12H2,1-2H3,(H2,23,24,26). The van der Waals surface area contributed by atoms with Crippen molar-refractivity contribution < 1.29 is 27.8 Å². The van der Waals surface area contributed by atoms with E-state index in [9.17, 15) is 18.4 Å². The first-order chi connectivity index (χ1) is 13.5. The molecule has 8 heteroatoms. The number of rotatable bonds is 8. The second-order valence-electron chi connectivity index (χ2n) is 5.93. The second-order valence-corrected chi connectivity index (χ2v) is 5.93. The van der Waals surface area contributed by atoms with Crippen LogP contribution in [0.25, 0.3) is 0 Å². The van der Waals surface area contributed by atoms with Crippen LogP contribution >= 0.6 is 0 Å². The summed E-state index contributed by atoms with van der Waals surface area (Å²) in [6, 6.07) is 8.15. The molecule has 0 aliphatic rings. The summed E-state index contributed by atoms with van der Waals surface area (Å²) in [5, 5.41) is 4.87. The van der Waals surface area contributed by atoms with Crippen LogP contribution in [0.5, 0.6) is 0 Å². The van der Waals surface area contributed by atoms with E-state index in [0.717, 1.165) is 30.7 Å². The third kappa shape index (κ3) is 5.75. The first-order valence-corrected chi connectivity index (χ1v) is 8.73. The number of urea groups is 1. The Hall–Kier alpha value is -3.00. The van der Waals surface area contributed by atoms with E-state index in [1.54, 1.807) is 0 Å². The highest BCUT2D eigenvalue weighted by molar-refractivity contribution is 5.94. The Morgan fingerprint density at radius 2 is 1.79 bits per heavy atom. The largest absolute Gasteiger partial charge is 0.465 e. The van der Waals surface area contributed by atoms with E-state index in [0.29, 0.717) is 19.3 Å². The number of hydrogen-bond acceptors (Lipinski definition) is 4. The Kier molecular flexibility index (Phi) is 7.88. The predicted octanol–water partition coefficient (Wildman–Crippen LogP) is 4.00. The molecule has 0 spiro atoms. The molecule has 2 rings (SSSR count). The molecular formula is C20H22F2N2O4. The van der Waals surface area contributed by atoms with Crippen molar-refractivity contribution in [1.29, 1.82) is 0 Å². The molecule has 150 valence electrons. The van der Waals surface area contributed by atoms with Gasteiger partial charge in [0.1, 0.15) is 11.6 Å². The molecule has 6 nitrogen and oxygen atoms in total. The van der Waals surface area contributed by atoms with Crippen molar-refractivity contribution in [2.24, 2.45) is 0 Å². The zero-order valence-electron chi connectivity index (χ0n) is 15.7. The lowest BCUT2D eigenvalue weighted by Gasteiger charge is -2.13. The summed E-state index contributed by atoms with van der Waals surface area (Å²) < 4.78 is 37.5. The number of nitrogens with one attached hydrogen (secondary N) is 2. The van der Waals surface area contributed by atoms with Gasteiger partial charge in [0, 0.05) is 19.2 Å². The predicted molar refractivity (Wildman–Crippen MR) is 99.9 cm³/mol. The average Bonchev–Trinajstić information content (AvgIpc) is 2.69. The van der Waals surface area contributed by atoms with Crippen LogP contribution in [0.15, 0.2) is 36.4 Å². The summed E-state index contributed by atoms with van der Waals surface area (Å²) >= 11 is 0. The molecule has 0 saturated heterocycles. The molecule has 0 bridgehead atoms. The maximum absolute atomic E-state index is 13.9. The number of hydrogen-bond donors (Lipinski definition) is 2. The van der Waals surface area contributed by atoms with Crippen molar-refractivity contribution in [2.45, 2.75) is 26.5 Å². The number of carbonyl (C=O) groups is 2. The normalized spacial score (nSPS) is 10.4. The molecule has 28 heavy (non-hydrogen) atoms. The lowest BCUT2D eigenvalue weighted by molar-refractivity contribution is 0.0595. The van der Waals surface area contributed by atoms with Crippen LogP contribution < -0.4 is 10.6 Å². The highest BCUT2D eigenvalue weighted by Crippen LogP contribution is 2.20. The lowest BCUT2D eigenvalue weighted by atomic mass is 10.1. The van der Waals surface area contributed by atoms with Gasteiger partial charge in [0.15, 0.2) is 0 Å². The fourth-order valence-corrected chi connectivity index (χ4v) is 2.45. The molecule has 0 aliphatic carbocycles. The average molecular weight is 392 g/mol. The SMILES string of the molecule is CCCOCc1ccccc1CNC(=O)Nc1cc(C(=O)OC)c(F)cc1F. The zero-order chi connectivity index (χ0) is 20.5. The number of esters is 1. The van der Waals surface area contributed by atoms with E-state index < -0.39 is 29.2 Å². The minimum absolute atomic E-state index is 0.185. The van der Waals surface area contributed by atoms with Crippen molar-refractivity contribution in [2.75, 3.05) is 19.0 Å². The molecule has 2 amide bonds.